The van der Waals surface area contributed by atoms with E-state index in [0.29, 0.717) is 19.1 Å². The van der Waals surface area contributed by atoms with Gasteiger partial charge < -0.3 is 9.47 Å². The zero-order valence-corrected chi connectivity index (χ0v) is 12.9. The average molecular weight is 263 g/mol. The van der Waals surface area contributed by atoms with Crippen LogP contribution in [0.2, 0.25) is 0 Å². The minimum absolute atomic E-state index is 0.239. The van der Waals surface area contributed by atoms with Crippen LogP contribution in [0.1, 0.15) is 51.4 Å². The number of hydrogen-bond donors (Lipinski definition) is 0. The Kier molecular flexibility index (Phi) is 3.72. The summed E-state index contributed by atoms with van der Waals surface area (Å²) in [5.74, 6) is 0.420. The van der Waals surface area contributed by atoms with Crippen molar-refractivity contribution in [2.45, 2.75) is 52.7 Å². The number of aryl methyl sites for hydroxylation is 1. The number of fused-ring (bicyclic) bond motifs is 2. The van der Waals surface area contributed by atoms with Gasteiger partial charge in [0.1, 0.15) is 0 Å². The van der Waals surface area contributed by atoms with Crippen LogP contribution < -0.4 is 0 Å². The molecule has 0 radical (unpaired) electrons. The van der Waals surface area contributed by atoms with Crippen molar-refractivity contribution in [1.82, 2.24) is 4.98 Å². The van der Waals surface area contributed by atoms with Gasteiger partial charge in [0.15, 0.2) is 5.60 Å². The summed E-state index contributed by atoms with van der Waals surface area (Å²) in [5, 5.41) is 0. The van der Waals surface area contributed by atoms with Gasteiger partial charge >= 0.3 is 0 Å². The lowest BCUT2D eigenvalue weighted by Gasteiger charge is -2.40. The van der Waals surface area contributed by atoms with Gasteiger partial charge in [-0.3, -0.25) is 4.98 Å². The van der Waals surface area contributed by atoms with E-state index < -0.39 is 0 Å². The van der Waals surface area contributed by atoms with Gasteiger partial charge in [0, 0.05) is 11.8 Å². The minimum Gasteiger partial charge on any atom is -0.374 e. The topological polar surface area (TPSA) is 31.4 Å². The first kappa shape index (κ1) is 14.5. The zero-order valence-electron chi connectivity index (χ0n) is 12.9. The smallest absolute Gasteiger partial charge is 0.158 e. The van der Waals surface area contributed by atoms with Gasteiger partial charge in [-0.15, -0.1) is 0 Å². The predicted molar refractivity (Wildman–Crippen MR) is 76.1 cm³/mol. The molecule has 3 nitrogen and oxygen atoms in total. The maximum atomic E-state index is 6.40. The second kappa shape index (κ2) is 4.88. The van der Waals surface area contributed by atoms with Crippen molar-refractivity contribution in [3.05, 3.63) is 29.1 Å². The molecule has 19 heavy (non-hydrogen) atoms. The summed E-state index contributed by atoms with van der Waals surface area (Å²) in [6.45, 7) is 14.0. The Balaban J connectivity index is 0.000000637. The number of nitrogens with zero attached hydrogens (tertiary/aromatic N) is 1. The van der Waals surface area contributed by atoms with Crippen LogP contribution in [0.3, 0.4) is 0 Å². The maximum absolute atomic E-state index is 6.40. The van der Waals surface area contributed by atoms with Crippen LogP contribution in [0.5, 0.6) is 0 Å². The molecule has 0 aromatic carbocycles. The Hall–Kier alpha value is -0.930. The molecule has 2 aliphatic heterocycles. The molecule has 1 aromatic rings. The van der Waals surface area contributed by atoms with E-state index in [1.807, 2.05) is 20.0 Å². The number of ether oxygens (including phenoxy) is 2. The molecule has 0 N–H and O–H groups in total. The molecule has 1 saturated heterocycles. The molecule has 1 atom stereocenters. The molecular weight excluding hydrogens is 238 g/mol. The van der Waals surface area contributed by atoms with Gasteiger partial charge in [-0.1, -0.05) is 27.7 Å². The highest BCUT2D eigenvalue weighted by atomic mass is 16.6. The summed E-state index contributed by atoms with van der Waals surface area (Å²) in [5.41, 5.74) is 3.13. The first-order valence-electron chi connectivity index (χ1n) is 7.24. The minimum atomic E-state index is -0.277. The van der Waals surface area contributed by atoms with Crippen LogP contribution in [-0.4, -0.2) is 18.2 Å². The highest BCUT2D eigenvalue weighted by Crippen LogP contribution is 2.53. The third-order valence-electron chi connectivity index (χ3n) is 4.27. The Morgan fingerprint density at radius 3 is 2.37 bits per heavy atom. The monoisotopic (exact) mass is 263 g/mol. The highest BCUT2D eigenvalue weighted by molar-refractivity contribution is 5.43. The highest BCUT2D eigenvalue weighted by Gasteiger charge is 2.58. The number of pyridine rings is 1. The quantitative estimate of drug-likeness (QED) is 0.776. The SMILES string of the molecule is CC.Cc1ccnc2c1C(C)(C(C)C)OC21COC1. The molecule has 3 heteroatoms. The lowest BCUT2D eigenvalue weighted by Crippen LogP contribution is -2.49. The van der Waals surface area contributed by atoms with Crippen LogP contribution in [0.25, 0.3) is 0 Å². The molecule has 3 heterocycles. The van der Waals surface area contributed by atoms with E-state index in [1.165, 1.54) is 11.1 Å². The summed E-state index contributed by atoms with van der Waals surface area (Å²) >= 11 is 0. The largest absolute Gasteiger partial charge is 0.374 e. The summed E-state index contributed by atoms with van der Waals surface area (Å²) in [7, 11) is 0. The van der Waals surface area contributed by atoms with Crippen molar-refractivity contribution in [3.63, 3.8) is 0 Å². The van der Waals surface area contributed by atoms with Gasteiger partial charge in [0.2, 0.25) is 0 Å². The first-order chi connectivity index (χ1) is 9.00. The summed E-state index contributed by atoms with van der Waals surface area (Å²) < 4.78 is 11.8. The summed E-state index contributed by atoms with van der Waals surface area (Å²) in [6, 6.07) is 2.07. The second-order valence-electron chi connectivity index (χ2n) is 5.70. The molecule has 0 amide bonds. The van der Waals surface area contributed by atoms with Gasteiger partial charge in [-0.05, 0) is 31.4 Å². The Bertz CT molecular complexity index is 466. The fraction of sp³-hybridized carbons (Fsp3) is 0.688. The molecule has 2 aliphatic rings. The summed E-state index contributed by atoms with van der Waals surface area (Å²) in [6.07, 6.45) is 1.88. The fourth-order valence-electron chi connectivity index (χ4n) is 2.93. The molecule has 1 fully saturated rings. The van der Waals surface area contributed by atoms with Crippen molar-refractivity contribution < 1.29 is 9.47 Å². The lowest BCUT2D eigenvalue weighted by molar-refractivity contribution is -0.261. The normalized spacial score (nSPS) is 26.7. The molecule has 1 spiro atoms. The second-order valence-corrected chi connectivity index (χ2v) is 5.70. The molecule has 1 unspecified atom stereocenters. The van der Waals surface area contributed by atoms with E-state index in [4.69, 9.17) is 9.47 Å². The molecule has 106 valence electrons. The number of rotatable bonds is 1. The molecule has 0 bridgehead atoms. The fourth-order valence-corrected chi connectivity index (χ4v) is 2.93. The van der Waals surface area contributed by atoms with E-state index in [0.717, 1.165) is 5.69 Å². The van der Waals surface area contributed by atoms with E-state index in [-0.39, 0.29) is 11.2 Å². The number of aromatic nitrogens is 1. The van der Waals surface area contributed by atoms with Gasteiger partial charge in [-0.25, -0.2) is 0 Å². The van der Waals surface area contributed by atoms with Crippen LogP contribution >= 0.6 is 0 Å². The van der Waals surface area contributed by atoms with E-state index >= 15 is 0 Å². The van der Waals surface area contributed by atoms with Crippen molar-refractivity contribution in [2.75, 3.05) is 13.2 Å². The Morgan fingerprint density at radius 2 is 1.89 bits per heavy atom. The average Bonchev–Trinajstić information content (AvgIpc) is 2.64. The zero-order chi connectivity index (χ0) is 14.3. The van der Waals surface area contributed by atoms with Crippen LogP contribution in [-0.2, 0) is 20.7 Å². The van der Waals surface area contributed by atoms with Crippen molar-refractivity contribution in [3.8, 4) is 0 Å². The Morgan fingerprint density at radius 1 is 1.26 bits per heavy atom. The molecule has 0 saturated carbocycles. The molecular formula is C16H25NO2. The number of hydrogen-bond acceptors (Lipinski definition) is 3. The van der Waals surface area contributed by atoms with Gasteiger partial charge in [-0.2, -0.15) is 0 Å². The standard InChI is InChI=1S/C14H19NO2.C2H6/c1-9(2)13(4)11-10(3)5-6-15-12(11)14(17-13)7-16-8-14;1-2/h5-6,9H,7-8H2,1-4H3;1-2H3. The van der Waals surface area contributed by atoms with Crippen LogP contribution in [0.4, 0.5) is 0 Å². The van der Waals surface area contributed by atoms with Gasteiger partial charge in [0.25, 0.3) is 0 Å². The van der Waals surface area contributed by atoms with Gasteiger partial charge in [0.05, 0.1) is 24.5 Å². The van der Waals surface area contributed by atoms with E-state index in [2.05, 4.69) is 38.7 Å². The Labute approximate surface area is 116 Å². The lowest BCUT2D eigenvalue weighted by atomic mass is 9.82. The first-order valence-corrected chi connectivity index (χ1v) is 7.24. The molecule has 1 aromatic heterocycles. The third-order valence-corrected chi connectivity index (χ3v) is 4.27. The summed E-state index contributed by atoms with van der Waals surface area (Å²) in [4.78, 5) is 4.57. The van der Waals surface area contributed by atoms with Crippen LogP contribution in [0, 0.1) is 12.8 Å². The van der Waals surface area contributed by atoms with Crippen molar-refractivity contribution in [2.24, 2.45) is 5.92 Å². The molecule has 0 aliphatic carbocycles. The van der Waals surface area contributed by atoms with E-state index in [9.17, 15) is 0 Å². The van der Waals surface area contributed by atoms with Crippen molar-refractivity contribution in [1.29, 1.82) is 0 Å². The third kappa shape index (κ3) is 1.91. The van der Waals surface area contributed by atoms with E-state index in [1.54, 1.807) is 0 Å². The van der Waals surface area contributed by atoms with Crippen molar-refractivity contribution >= 4 is 0 Å². The van der Waals surface area contributed by atoms with Crippen LogP contribution in [0.15, 0.2) is 12.3 Å². The maximum Gasteiger partial charge on any atom is 0.158 e. The predicted octanol–water partition coefficient (Wildman–Crippen LogP) is 3.54. The molecule has 3 rings (SSSR count).